The lowest BCUT2D eigenvalue weighted by atomic mass is 10.3. The Bertz CT molecular complexity index is 642. The van der Waals surface area contributed by atoms with Crippen molar-refractivity contribution in [3.05, 3.63) is 34.1 Å². The van der Waals surface area contributed by atoms with Gasteiger partial charge in [0.1, 0.15) is 6.26 Å². The summed E-state index contributed by atoms with van der Waals surface area (Å²) < 4.78 is 15.1. The molecule has 1 heterocycles. The summed E-state index contributed by atoms with van der Waals surface area (Å²) in [5.41, 5.74) is 5.98. The van der Waals surface area contributed by atoms with Crippen LogP contribution >= 0.6 is 23.2 Å². The van der Waals surface area contributed by atoms with E-state index in [2.05, 4.69) is 4.98 Å². The van der Waals surface area contributed by atoms with Crippen LogP contribution in [0.3, 0.4) is 0 Å². The van der Waals surface area contributed by atoms with Crippen LogP contribution in [0.15, 0.2) is 22.8 Å². The van der Waals surface area contributed by atoms with E-state index in [4.69, 9.17) is 42.8 Å². The van der Waals surface area contributed by atoms with Gasteiger partial charge in [-0.05, 0) is 13.0 Å². The fourth-order valence-corrected chi connectivity index (χ4v) is 1.66. The molecular weight excluding hydrogens is 307 g/mol. The van der Waals surface area contributed by atoms with Gasteiger partial charge in [0.25, 0.3) is 0 Å². The molecule has 1 aromatic heterocycles. The van der Waals surface area contributed by atoms with Gasteiger partial charge in [-0.3, -0.25) is 0 Å². The first-order chi connectivity index (χ1) is 9.51. The predicted octanol–water partition coefficient (Wildman–Crippen LogP) is 3.53. The molecule has 2 aromatic rings. The molecule has 0 amide bonds. The van der Waals surface area contributed by atoms with Crippen LogP contribution in [0.25, 0.3) is 0 Å². The Morgan fingerprint density at radius 2 is 2.10 bits per heavy atom. The van der Waals surface area contributed by atoms with E-state index >= 15 is 0 Å². The van der Waals surface area contributed by atoms with Crippen molar-refractivity contribution in [2.24, 2.45) is 0 Å². The highest BCUT2D eigenvalue weighted by molar-refractivity contribution is 6.42. The summed E-state index contributed by atoms with van der Waals surface area (Å²) in [4.78, 5) is 15.2. The number of carbonyl (C=O) groups is 1. The summed E-state index contributed by atoms with van der Waals surface area (Å²) in [6.07, 6.45) is 0.972. The predicted molar refractivity (Wildman–Crippen MR) is 73.4 cm³/mol. The lowest BCUT2D eigenvalue weighted by Gasteiger charge is -2.06. The van der Waals surface area contributed by atoms with E-state index in [1.165, 1.54) is 12.1 Å². The van der Waals surface area contributed by atoms with Gasteiger partial charge >= 0.3 is 12.0 Å². The molecule has 0 aliphatic heterocycles. The maximum absolute atomic E-state index is 11.4. The van der Waals surface area contributed by atoms with Gasteiger partial charge in [-0.2, -0.15) is 4.98 Å². The molecule has 0 aliphatic carbocycles. The number of ether oxygens (including phenoxy) is 2. The third kappa shape index (κ3) is 3.15. The van der Waals surface area contributed by atoms with Crippen molar-refractivity contribution in [1.29, 1.82) is 0 Å². The standard InChI is InChI=1S/C12H10Cl2N2O4/c1-2-18-11(17)9-5-19-12(16-9)20-10-4-7(14)6(13)3-8(10)15/h3-5H,2,15H2,1H3. The monoisotopic (exact) mass is 316 g/mol. The Labute approximate surface area is 124 Å². The SMILES string of the molecule is CCOC(=O)c1coc(Oc2cc(Cl)c(Cl)cc2N)n1. The van der Waals surface area contributed by atoms with Gasteiger partial charge in [-0.25, -0.2) is 4.79 Å². The average Bonchev–Trinajstić information content (AvgIpc) is 2.85. The third-order valence-corrected chi connectivity index (χ3v) is 2.94. The first-order valence-corrected chi connectivity index (χ1v) is 6.32. The molecule has 0 bridgehead atoms. The van der Waals surface area contributed by atoms with Gasteiger partial charge in [0.2, 0.25) is 0 Å². The summed E-state index contributed by atoms with van der Waals surface area (Å²) in [7, 11) is 0. The number of hydrogen-bond acceptors (Lipinski definition) is 6. The van der Waals surface area contributed by atoms with Crippen molar-refractivity contribution >= 4 is 34.9 Å². The minimum atomic E-state index is -0.604. The number of carbonyl (C=O) groups excluding carboxylic acids is 1. The fraction of sp³-hybridized carbons (Fsp3) is 0.167. The van der Waals surface area contributed by atoms with Crippen LogP contribution in [0.5, 0.6) is 11.8 Å². The van der Waals surface area contributed by atoms with E-state index in [0.717, 1.165) is 6.26 Å². The molecule has 106 valence electrons. The number of nitrogens with zero attached hydrogens (tertiary/aromatic N) is 1. The van der Waals surface area contributed by atoms with Crippen molar-refractivity contribution in [2.45, 2.75) is 6.92 Å². The van der Waals surface area contributed by atoms with Gasteiger partial charge in [0.15, 0.2) is 11.4 Å². The van der Waals surface area contributed by atoms with Crippen LogP contribution in [0.4, 0.5) is 5.69 Å². The second kappa shape index (κ2) is 6.02. The van der Waals surface area contributed by atoms with Crippen LogP contribution in [0.1, 0.15) is 17.4 Å². The molecule has 0 saturated heterocycles. The van der Waals surface area contributed by atoms with Crippen LogP contribution in [-0.4, -0.2) is 17.6 Å². The lowest BCUT2D eigenvalue weighted by Crippen LogP contribution is -2.04. The van der Waals surface area contributed by atoms with Crippen molar-refractivity contribution in [3.63, 3.8) is 0 Å². The fourth-order valence-electron chi connectivity index (χ4n) is 1.33. The molecule has 2 N–H and O–H groups in total. The Morgan fingerprint density at radius 1 is 1.40 bits per heavy atom. The Balaban J connectivity index is 2.19. The molecule has 0 radical (unpaired) electrons. The highest BCUT2D eigenvalue weighted by Crippen LogP contribution is 2.34. The summed E-state index contributed by atoms with van der Waals surface area (Å²) in [5, 5.41) is 0.573. The summed E-state index contributed by atoms with van der Waals surface area (Å²) >= 11 is 11.7. The topological polar surface area (TPSA) is 87.6 Å². The second-order valence-electron chi connectivity index (χ2n) is 3.63. The Hall–Kier alpha value is -1.92. The zero-order valence-corrected chi connectivity index (χ0v) is 11.9. The van der Waals surface area contributed by atoms with Crippen LogP contribution in [0.2, 0.25) is 10.0 Å². The largest absolute Gasteiger partial charge is 0.461 e. The number of esters is 1. The molecule has 2 rings (SSSR count). The number of halogens is 2. The maximum atomic E-state index is 11.4. The third-order valence-electron chi connectivity index (χ3n) is 2.22. The first kappa shape index (κ1) is 14.5. The summed E-state index contributed by atoms with van der Waals surface area (Å²) in [6, 6.07) is 2.86. The molecule has 20 heavy (non-hydrogen) atoms. The lowest BCUT2D eigenvalue weighted by molar-refractivity contribution is 0.0519. The number of rotatable bonds is 4. The molecular formula is C12H10Cl2N2O4. The summed E-state index contributed by atoms with van der Waals surface area (Å²) in [6.45, 7) is 1.92. The molecule has 0 spiro atoms. The van der Waals surface area contributed by atoms with Crippen molar-refractivity contribution in [1.82, 2.24) is 4.98 Å². The van der Waals surface area contributed by atoms with Crippen LogP contribution in [-0.2, 0) is 4.74 Å². The van der Waals surface area contributed by atoms with Gasteiger partial charge in [-0.1, -0.05) is 23.2 Å². The normalized spacial score (nSPS) is 10.3. The van der Waals surface area contributed by atoms with Gasteiger partial charge in [0.05, 0.1) is 22.3 Å². The molecule has 0 fully saturated rings. The number of nitrogen functional groups attached to an aromatic ring is 1. The number of hydrogen-bond donors (Lipinski definition) is 1. The smallest absolute Gasteiger partial charge is 0.399 e. The number of oxazole rings is 1. The molecule has 0 atom stereocenters. The quantitative estimate of drug-likeness (QED) is 0.685. The minimum Gasteiger partial charge on any atom is -0.461 e. The van der Waals surface area contributed by atoms with Gasteiger partial charge < -0.3 is 19.6 Å². The van der Waals surface area contributed by atoms with E-state index < -0.39 is 5.97 Å². The maximum Gasteiger partial charge on any atom is 0.399 e. The average molecular weight is 317 g/mol. The number of nitrogens with two attached hydrogens (primary N) is 1. The van der Waals surface area contributed by atoms with Crippen molar-refractivity contribution in [3.8, 4) is 11.8 Å². The molecule has 1 aromatic carbocycles. The summed E-state index contributed by atoms with van der Waals surface area (Å²) in [5.74, 6) is -0.384. The zero-order chi connectivity index (χ0) is 14.7. The minimum absolute atomic E-state index is 0.000446. The Morgan fingerprint density at radius 3 is 2.80 bits per heavy atom. The number of benzene rings is 1. The van der Waals surface area contributed by atoms with Crippen molar-refractivity contribution in [2.75, 3.05) is 12.3 Å². The van der Waals surface area contributed by atoms with Gasteiger partial charge in [-0.15, -0.1) is 0 Å². The van der Waals surface area contributed by atoms with E-state index in [9.17, 15) is 4.79 Å². The highest BCUT2D eigenvalue weighted by atomic mass is 35.5. The highest BCUT2D eigenvalue weighted by Gasteiger charge is 2.16. The van der Waals surface area contributed by atoms with Crippen LogP contribution < -0.4 is 10.5 Å². The molecule has 0 unspecified atom stereocenters. The number of aromatic nitrogens is 1. The molecule has 6 nitrogen and oxygen atoms in total. The van der Waals surface area contributed by atoms with E-state index in [1.807, 2.05) is 0 Å². The molecule has 8 heteroatoms. The van der Waals surface area contributed by atoms with E-state index in [0.29, 0.717) is 5.02 Å². The first-order valence-electron chi connectivity index (χ1n) is 5.56. The van der Waals surface area contributed by atoms with Crippen molar-refractivity contribution < 1.29 is 18.7 Å². The Kier molecular flexibility index (Phi) is 4.36. The molecule has 0 saturated carbocycles. The zero-order valence-electron chi connectivity index (χ0n) is 10.4. The molecule has 0 aliphatic rings. The second-order valence-corrected chi connectivity index (χ2v) is 4.44. The van der Waals surface area contributed by atoms with E-state index in [1.54, 1.807) is 6.92 Å². The van der Waals surface area contributed by atoms with E-state index in [-0.39, 0.29) is 34.8 Å². The number of anilines is 1. The van der Waals surface area contributed by atoms with Crippen LogP contribution in [0, 0.1) is 0 Å². The van der Waals surface area contributed by atoms with Gasteiger partial charge in [0, 0.05) is 6.07 Å².